The molecule has 5 nitrogen and oxygen atoms in total. The van der Waals surface area contributed by atoms with Crippen LogP contribution in [0, 0.1) is 12.7 Å². The second kappa shape index (κ2) is 5.32. The van der Waals surface area contributed by atoms with Crippen molar-refractivity contribution in [2.75, 3.05) is 5.73 Å². The Morgan fingerprint density at radius 2 is 2.00 bits per heavy atom. The van der Waals surface area contributed by atoms with E-state index in [2.05, 4.69) is 15.5 Å². The largest absolute Gasteiger partial charge is 0.398 e. The highest BCUT2D eigenvalue weighted by molar-refractivity contribution is 5.72. The van der Waals surface area contributed by atoms with Crippen LogP contribution >= 0.6 is 0 Å². The maximum atomic E-state index is 13.8. The Balaban J connectivity index is 2.02. The van der Waals surface area contributed by atoms with E-state index in [-0.39, 0.29) is 12.4 Å². The van der Waals surface area contributed by atoms with Crippen molar-refractivity contribution in [2.45, 2.75) is 13.5 Å². The summed E-state index contributed by atoms with van der Waals surface area (Å²) in [7, 11) is 0. The van der Waals surface area contributed by atoms with Crippen molar-refractivity contribution in [1.82, 2.24) is 20.2 Å². The molecule has 1 heterocycles. The molecule has 1 aromatic heterocycles. The van der Waals surface area contributed by atoms with Crippen LogP contribution in [-0.2, 0) is 6.54 Å². The summed E-state index contributed by atoms with van der Waals surface area (Å²) in [5.74, 6) is 0.246. The molecule has 0 saturated heterocycles. The summed E-state index contributed by atoms with van der Waals surface area (Å²) in [5, 5.41) is 11.6. The van der Waals surface area contributed by atoms with E-state index in [1.165, 1.54) is 6.07 Å². The number of hydrogen-bond donors (Lipinski definition) is 1. The summed E-state index contributed by atoms with van der Waals surface area (Å²) in [5.41, 5.74) is 8.91. The smallest absolute Gasteiger partial charge is 0.184 e. The van der Waals surface area contributed by atoms with Crippen LogP contribution in [0.15, 0.2) is 42.5 Å². The Labute approximate surface area is 121 Å². The van der Waals surface area contributed by atoms with Crippen LogP contribution in [-0.4, -0.2) is 20.2 Å². The van der Waals surface area contributed by atoms with Gasteiger partial charge in [-0.05, 0) is 35.5 Å². The number of hydrogen-bond acceptors (Lipinski definition) is 4. The van der Waals surface area contributed by atoms with Crippen molar-refractivity contribution in [3.63, 3.8) is 0 Å². The molecule has 0 bridgehead atoms. The fourth-order valence-corrected chi connectivity index (χ4v) is 2.16. The first-order valence-corrected chi connectivity index (χ1v) is 6.51. The standard InChI is InChI=1S/C15H14FN5/c1-10-6-7-14(17)12(8-10)15-18-19-20-21(15)9-11-4-2-3-5-13(11)16/h2-8H,9,17H2,1H3. The van der Waals surface area contributed by atoms with Gasteiger partial charge in [0.05, 0.1) is 6.54 Å². The lowest BCUT2D eigenvalue weighted by molar-refractivity contribution is 0.579. The van der Waals surface area contributed by atoms with E-state index in [1.807, 2.05) is 25.1 Å². The van der Waals surface area contributed by atoms with Crippen LogP contribution in [0.2, 0.25) is 0 Å². The van der Waals surface area contributed by atoms with Gasteiger partial charge >= 0.3 is 0 Å². The molecule has 0 aliphatic carbocycles. The second-order valence-corrected chi connectivity index (χ2v) is 4.84. The van der Waals surface area contributed by atoms with Gasteiger partial charge in [-0.1, -0.05) is 29.8 Å². The van der Waals surface area contributed by atoms with Crippen molar-refractivity contribution in [3.8, 4) is 11.4 Å². The number of nitrogen functional groups attached to an aromatic ring is 1. The number of tetrazole rings is 1. The Morgan fingerprint density at radius 1 is 1.19 bits per heavy atom. The van der Waals surface area contributed by atoms with Gasteiger partial charge in [0.15, 0.2) is 5.82 Å². The number of anilines is 1. The summed E-state index contributed by atoms with van der Waals surface area (Å²) >= 11 is 0. The van der Waals surface area contributed by atoms with Crippen LogP contribution in [0.3, 0.4) is 0 Å². The van der Waals surface area contributed by atoms with Gasteiger partial charge in [-0.3, -0.25) is 0 Å². The first-order chi connectivity index (χ1) is 10.1. The van der Waals surface area contributed by atoms with Gasteiger partial charge in [-0.2, -0.15) is 0 Å². The van der Waals surface area contributed by atoms with E-state index in [1.54, 1.807) is 22.9 Å². The zero-order valence-corrected chi connectivity index (χ0v) is 11.5. The number of aryl methyl sites for hydroxylation is 1. The molecule has 0 spiro atoms. The van der Waals surface area contributed by atoms with Gasteiger partial charge in [-0.15, -0.1) is 5.10 Å². The minimum Gasteiger partial charge on any atom is -0.398 e. The molecule has 2 aromatic carbocycles. The Morgan fingerprint density at radius 3 is 2.81 bits per heavy atom. The van der Waals surface area contributed by atoms with Crippen molar-refractivity contribution in [2.24, 2.45) is 0 Å². The molecule has 0 fully saturated rings. The quantitative estimate of drug-likeness (QED) is 0.749. The normalized spacial score (nSPS) is 10.8. The van der Waals surface area contributed by atoms with E-state index < -0.39 is 0 Å². The van der Waals surface area contributed by atoms with Crippen molar-refractivity contribution >= 4 is 5.69 Å². The molecule has 106 valence electrons. The molecule has 0 atom stereocenters. The molecule has 0 saturated carbocycles. The molecule has 3 aromatic rings. The third-order valence-corrected chi connectivity index (χ3v) is 3.26. The molecular formula is C15H14FN5. The number of benzene rings is 2. The third-order valence-electron chi connectivity index (χ3n) is 3.26. The van der Waals surface area contributed by atoms with Gasteiger partial charge < -0.3 is 5.73 Å². The highest BCUT2D eigenvalue weighted by Gasteiger charge is 2.13. The van der Waals surface area contributed by atoms with Gasteiger partial charge in [0.25, 0.3) is 0 Å². The average Bonchev–Trinajstić information content (AvgIpc) is 2.92. The van der Waals surface area contributed by atoms with Gasteiger partial charge in [0.2, 0.25) is 0 Å². The fraction of sp³-hybridized carbons (Fsp3) is 0.133. The maximum Gasteiger partial charge on any atom is 0.184 e. The number of halogens is 1. The lowest BCUT2D eigenvalue weighted by atomic mass is 10.1. The molecule has 0 radical (unpaired) electrons. The molecule has 21 heavy (non-hydrogen) atoms. The summed E-state index contributed by atoms with van der Waals surface area (Å²) in [4.78, 5) is 0. The Bertz CT molecular complexity index is 781. The Kier molecular flexibility index (Phi) is 3.35. The zero-order valence-electron chi connectivity index (χ0n) is 11.5. The summed E-state index contributed by atoms with van der Waals surface area (Å²) in [6, 6.07) is 12.2. The van der Waals surface area contributed by atoms with E-state index in [0.717, 1.165) is 11.1 Å². The predicted molar refractivity (Wildman–Crippen MR) is 77.9 cm³/mol. The van der Waals surface area contributed by atoms with E-state index in [9.17, 15) is 4.39 Å². The Hall–Kier alpha value is -2.76. The summed E-state index contributed by atoms with van der Waals surface area (Å²) in [6.07, 6.45) is 0. The maximum absolute atomic E-state index is 13.8. The van der Waals surface area contributed by atoms with Crippen LogP contribution in [0.5, 0.6) is 0 Å². The monoisotopic (exact) mass is 283 g/mol. The topological polar surface area (TPSA) is 69.6 Å². The number of nitrogens with zero attached hydrogens (tertiary/aromatic N) is 4. The van der Waals surface area contributed by atoms with Crippen molar-refractivity contribution in [1.29, 1.82) is 0 Å². The fourth-order valence-electron chi connectivity index (χ4n) is 2.16. The molecule has 0 unspecified atom stereocenters. The van der Waals surface area contributed by atoms with Gasteiger partial charge in [-0.25, -0.2) is 9.07 Å². The molecule has 0 aliphatic heterocycles. The predicted octanol–water partition coefficient (Wildman–Crippen LogP) is 2.42. The van der Waals surface area contributed by atoms with Crippen LogP contribution in [0.25, 0.3) is 11.4 Å². The van der Waals surface area contributed by atoms with Gasteiger partial charge in [0, 0.05) is 16.8 Å². The summed E-state index contributed by atoms with van der Waals surface area (Å²) in [6.45, 7) is 2.22. The number of nitrogens with two attached hydrogens (primary N) is 1. The van der Waals surface area contributed by atoms with E-state index in [4.69, 9.17) is 5.73 Å². The van der Waals surface area contributed by atoms with Gasteiger partial charge in [0.1, 0.15) is 5.82 Å². The molecule has 3 rings (SSSR count). The molecule has 0 aliphatic rings. The van der Waals surface area contributed by atoms with Crippen LogP contribution < -0.4 is 5.73 Å². The van der Waals surface area contributed by atoms with Crippen LogP contribution in [0.4, 0.5) is 10.1 Å². The lowest BCUT2D eigenvalue weighted by Gasteiger charge is -2.08. The van der Waals surface area contributed by atoms with E-state index in [0.29, 0.717) is 17.1 Å². The van der Waals surface area contributed by atoms with E-state index >= 15 is 0 Å². The first-order valence-electron chi connectivity index (χ1n) is 6.51. The van der Waals surface area contributed by atoms with Crippen molar-refractivity contribution in [3.05, 3.63) is 59.4 Å². The van der Waals surface area contributed by atoms with Crippen molar-refractivity contribution < 1.29 is 4.39 Å². The minimum atomic E-state index is -0.281. The third kappa shape index (κ3) is 2.60. The highest BCUT2D eigenvalue weighted by atomic mass is 19.1. The minimum absolute atomic E-state index is 0.252. The number of aromatic nitrogens is 4. The molecular weight excluding hydrogens is 269 g/mol. The SMILES string of the molecule is Cc1ccc(N)c(-c2nnnn2Cc2ccccc2F)c1. The summed E-state index contributed by atoms with van der Waals surface area (Å²) < 4.78 is 15.3. The lowest BCUT2D eigenvalue weighted by Crippen LogP contribution is -2.07. The zero-order chi connectivity index (χ0) is 14.8. The molecule has 2 N–H and O–H groups in total. The first kappa shape index (κ1) is 13.2. The second-order valence-electron chi connectivity index (χ2n) is 4.84. The van der Waals surface area contributed by atoms with Crippen LogP contribution in [0.1, 0.15) is 11.1 Å². The molecule has 0 amide bonds. The molecule has 6 heteroatoms. The highest BCUT2D eigenvalue weighted by Crippen LogP contribution is 2.25. The number of rotatable bonds is 3. The average molecular weight is 283 g/mol.